The fourth-order valence-corrected chi connectivity index (χ4v) is 7.00. The van der Waals surface area contributed by atoms with Crippen LogP contribution in [0.1, 0.15) is 32.6 Å². The number of anilines is 1. The van der Waals surface area contributed by atoms with Gasteiger partial charge in [-0.3, -0.25) is 0 Å². The molecule has 118 valence electrons. The zero-order valence-electron chi connectivity index (χ0n) is 12.1. The normalized spacial score (nSPS) is 23.5. The molecule has 1 aromatic rings. The quantitative estimate of drug-likeness (QED) is 0.724. The van der Waals surface area contributed by atoms with Crippen LogP contribution in [0.2, 0.25) is 0 Å². The molecule has 1 aliphatic carbocycles. The van der Waals surface area contributed by atoms with Crippen molar-refractivity contribution in [1.82, 2.24) is 4.31 Å². The Labute approximate surface area is 143 Å². The highest BCUT2D eigenvalue weighted by Gasteiger charge is 2.35. The number of nitrogen functional groups attached to an aromatic ring is 1. The minimum atomic E-state index is -3.57. The average molecular weight is 440 g/mol. The van der Waals surface area contributed by atoms with Crippen LogP contribution < -0.4 is 5.73 Å². The van der Waals surface area contributed by atoms with Gasteiger partial charge in [-0.05, 0) is 62.8 Å². The van der Waals surface area contributed by atoms with Gasteiger partial charge in [0.05, 0.1) is 0 Å². The number of halogens is 2. The molecular formula is C14H20Br2N2O2S. The third-order valence-electron chi connectivity index (χ3n) is 4.19. The third-order valence-corrected chi connectivity index (χ3v) is 7.95. The zero-order valence-corrected chi connectivity index (χ0v) is 16.1. The summed E-state index contributed by atoms with van der Waals surface area (Å²) in [6, 6.07) is 3.30. The monoisotopic (exact) mass is 438 g/mol. The van der Waals surface area contributed by atoms with Gasteiger partial charge in [-0.1, -0.05) is 19.8 Å². The topological polar surface area (TPSA) is 63.4 Å². The third kappa shape index (κ3) is 3.46. The van der Waals surface area contributed by atoms with Gasteiger partial charge in [0.15, 0.2) is 0 Å². The van der Waals surface area contributed by atoms with Crippen molar-refractivity contribution in [1.29, 1.82) is 0 Å². The largest absolute Gasteiger partial charge is 0.399 e. The van der Waals surface area contributed by atoms with Crippen LogP contribution in [0.5, 0.6) is 0 Å². The summed E-state index contributed by atoms with van der Waals surface area (Å²) >= 11 is 6.65. The summed E-state index contributed by atoms with van der Waals surface area (Å²) in [5.74, 6) is 0.379. The molecule has 2 N–H and O–H groups in total. The molecule has 2 unspecified atom stereocenters. The van der Waals surface area contributed by atoms with E-state index < -0.39 is 10.0 Å². The van der Waals surface area contributed by atoms with Gasteiger partial charge in [0.25, 0.3) is 0 Å². The van der Waals surface area contributed by atoms with Gasteiger partial charge in [0, 0.05) is 27.7 Å². The van der Waals surface area contributed by atoms with Crippen LogP contribution in [0.25, 0.3) is 0 Å². The molecule has 0 radical (unpaired) electrons. The average Bonchev–Trinajstić information content (AvgIpc) is 2.36. The Balaban J connectivity index is 2.42. The van der Waals surface area contributed by atoms with Crippen molar-refractivity contribution in [3.05, 3.63) is 21.1 Å². The lowest BCUT2D eigenvalue weighted by Gasteiger charge is -2.35. The molecule has 21 heavy (non-hydrogen) atoms. The molecule has 4 nitrogen and oxygen atoms in total. The van der Waals surface area contributed by atoms with Gasteiger partial charge in [-0.15, -0.1) is 0 Å². The van der Waals surface area contributed by atoms with E-state index in [4.69, 9.17) is 5.73 Å². The predicted molar refractivity (Wildman–Crippen MR) is 92.6 cm³/mol. The summed E-state index contributed by atoms with van der Waals surface area (Å²) in [6.45, 7) is 2.13. The van der Waals surface area contributed by atoms with E-state index in [9.17, 15) is 8.42 Å². The highest BCUT2D eigenvalue weighted by Crippen LogP contribution is 2.37. The van der Waals surface area contributed by atoms with Crippen LogP contribution >= 0.6 is 31.9 Å². The van der Waals surface area contributed by atoms with Crippen molar-refractivity contribution in [2.24, 2.45) is 5.92 Å². The number of hydrogen-bond donors (Lipinski definition) is 1. The first kappa shape index (κ1) is 17.2. The van der Waals surface area contributed by atoms with Crippen LogP contribution in [0.15, 0.2) is 26.0 Å². The van der Waals surface area contributed by atoms with Crippen LogP contribution in [0, 0.1) is 5.92 Å². The molecule has 1 fully saturated rings. The molecule has 0 aromatic heterocycles. The van der Waals surface area contributed by atoms with Crippen LogP contribution in [-0.4, -0.2) is 25.8 Å². The van der Waals surface area contributed by atoms with E-state index in [1.807, 2.05) is 0 Å². The molecular weight excluding hydrogens is 420 g/mol. The van der Waals surface area contributed by atoms with Gasteiger partial charge in [0.2, 0.25) is 10.0 Å². The number of rotatable bonds is 3. The molecule has 2 atom stereocenters. The van der Waals surface area contributed by atoms with Gasteiger partial charge in [-0.2, -0.15) is 4.31 Å². The lowest BCUT2D eigenvalue weighted by molar-refractivity contribution is 0.213. The fourth-order valence-electron chi connectivity index (χ4n) is 2.99. The van der Waals surface area contributed by atoms with Crippen molar-refractivity contribution in [3.63, 3.8) is 0 Å². The molecule has 0 aliphatic heterocycles. The molecule has 0 bridgehead atoms. The standard InChI is InChI=1S/C14H20Br2N2O2S/c1-9-5-3-4-6-13(9)18(2)21(19,20)14-11(15)7-10(17)8-12(14)16/h7-9,13H,3-6,17H2,1-2H3. The smallest absolute Gasteiger partial charge is 0.245 e. The van der Waals surface area contributed by atoms with Crippen LogP contribution in [0.3, 0.4) is 0 Å². The number of sulfonamides is 1. The number of nitrogens with two attached hydrogens (primary N) is 1. The lowest BCUT2D eigenvalue weighted by atomic mass is 9.86. The van der Waals surface area contributed by atoms with E-state index in [2.05, 4.69) is 38.8 Å². The molecule has 0 heterocycles. The summed E-state index contributed by atoms with van der Waals surface area (Å²) in [7, 11) is -1.89. The minimum Gasteiger partial charge on any atom is -0.399 e. The van der Waals surface area contributed by atoms with Gasteiger partial charge < -0.3 is 5.73 Å². The molecule has 0 amide bonds. The predicted octanol–water partition coefficient (Wildman–Crippen LogP) is 3.99. The second kappa shape index (κ2) is 6.56. The first-order chi connectivity index (χ1) is 9.75. The van der Waals surface area contributed by atoms with Gasteiger partial charge in [-0.25, -0.2) is 8.42 Å². The van der Waals surface area contributed by atoms with Gasteiger partial charge in [0.1, 0.15) is 4.90 Å². The highest BCUT2D eigenvalue weighted by molar-refractivity contribution is 9.11. The fraction of sp³-hybridized carbons (Fsp3) is 0.571. The molecule has 7 heteroatoms. The van der Waals surface area contributed by atoms with Crippen molar-refractivity contribution >= 4 is 47.6 Å². The molecule has 2 rings (SSSR count). The molecule has 0 saturated heterocycles. The maximum Gasteiger partial charge on any atom is 0.245 e. The van der Waals surface area contributed by atoms with E-state index in [1.54, 1.807) is 19.2 Å². The van der Waals surface area contributed by atoms with Crippen molar-refractivity contribution < 1.29 is 8.42 Å². The Morgan fingerprint density at radius 3 is 2.24 bits per heavy atom. The van der Waals surface area contributed by atoms with E-state index >= 15 is 0 Å². The first-order valence-electron chi connectivity index (χ1n) is 6.97. The second-order valence-corrected chi connectivity index (χ2v) is 9.31. The lowest BCUT2D eigenvalue weighted by Crippen LogP contribution is -2.42. The number of benzene rings is 1. The summed E-state index contributed by atoms with van der Waals surface area (Å²) < 4.78 is 28.4. The van der Waals surface area contributed by atoms with Crippen molar-refractivity contribution in [3.8, 4) is 0 Å². The Morgan fingerprint density at radius 1 is 1.19 bits per heavy atom. The molecule has 1 saturated carbocycles. The summed E-state index contributed by atoms with van der Waals surface area (Å²) in [4.78, 5) is 0.247. The summed E-state index contributed by atoms with van der Waals surface area (Å²) in [5.41, 5.74) is 6.26. The van der Waals surface area contributed by atoms with Gasteiger partial charge >= 0.3 is 0 Å². The first-order valence-corrected chi connectivity index (χ1v) is 10.0. The Morgan fingerprint density at radius 2 is 1.71 bits per heavy atom. The number of nitrogens with zero attached hydrogens (tertiary/aromatic N) is 1. The molecule has 0 spiro atoms. The van der Waals surface area contributed by atoms with E-state index in [1.165, 1.54) is 10.7 Å². The Hall–Kier alpha value is -0.110. The molecule has 1 aliphatic rings. The maximum absolute atomic E-state index is 13.0. The minimum absolute atomic E-state index is 0.0557. The zero-order chi connectivity index (χ0) is 15.8. The summed E-state index contributed by atoms with van der Waals surface area (Å²) in [5, 5.41) is 0. The Kier molecular flexibility index (Phi) is 5.39. The van der Waals surface area contributed by atoms with Crippen LogP contribution in [0.4, 0.5) is 5.69 Å². The van der Waals surface area contributed by atoms with Crippen molar-refractivity contribution in [2.45, 2.75) is 43.5 Å². The Bertz CT molecular complexity index is 611. The molecule has 1 aromatic carbocycles. The summed E-state index contributed by atoms with van der Waals surface area (Å²) in [6.07, 6.45) is 4.26. The van der Waals surface area contributed by atoms with E-state index in [0.717, 1.165) is 19.3 Å². The maximum atomic E-state index is 13.0. The van der Waals surface area contributed by atoms with E-state index in [-0.39, 0.29) is 10.9 Å². The van der Waals surface area contributed by atoms with E-state index in [0.29, 0.717) is 20.6 Å². The number of hydrogen-bond acceptors (Lipinski definition) is 3. The second-order valence-electron chi connectivity index (χ2n) is 5.66. The van der Waals surface area contributed by atoms with Crippen LogP contribution in [-0.2, 0) is 10.0 Å². The highest BCUT2D eigenvalue weighted by atomic mass is 79.9. The SMILES string of the molecule is CC1CCCCC1N(C)S(=O)(=O)c1c(Br)cc(N)cc1Br. The van der Waals surface area contributed by atoms with Crippen molar-refractivity contribution in [2.75, 3.05) is 12.8 Å².